The Morgan fingerprint density at radius 2 is 0.621 bits per heavy atom. The Bertz CT molecular complexity index is 2770. The van der Waals surface area contributed by atoms with Gasteiger partial charge in [0.1, 0.15) is 33.3 Å². The fraction of sp³-hybridized carbons (Fsp3) is 0. The first-order valence-corrected chi connectivity index (χ1v) is 20.4. The van der Waals surface area contributed by atoms with Crippen molar-refractivity contribution in [3.63, 3.8) is 0 Å². The Kier molecular flexibility index (Phi) is 8.13. The van der Waals surface area contributed by atoms with Crippen LogP contribution in [0.3, 0.4) is 0 Å². The largest absolute Gasteiger partial charge is 0.421 e. The predicted octanol–water partition coefficient (Wildman–Crippen LogP) is 12.0. The van der Waals surface area contributed by atoms with E-state index in [0.717, 1.165) is 75.2 Å². The van der Waals surface area contributed by atoms with Crippen molar-refractivity contribution in [3.8, 4) is 0 Å². The molecule has 0 amide bonds. The molecule has 12 heteroatoms. The van der Waals surface area contributed by atoms with Crippen LogP contribution in [0.15, 0.2) is 170 Å². The summed E-state index contributed by atoms with van der Waals surface area (Å²) in [6.07, 6.45) is 0. The summed E-state index contributed by atoms with van der Waals surface area (Å²) in [6, 6.07) is 51.1. The molecule has 278 valence electrons. The minimum absolute atomic E-state index is 0.329. The van der Waals surface area contributed by atoms with Gasteiger partial charge < -0.3 is 19.2 Å². The molecule has 0 saturated heterocycles. The Hall–Kier alpha value is -6.49. The normalized spacial score (nSPS) is 13.7. The van der Waals surface area contributed by atoms with Gasteiger partial charge in [0, 0.05) is 42.9 Å². The monoisotopic (exact) mass is 798 g/mol. The van der Waals surface area contributed by atoms with E-state index in [1.54, 1.807) is 71.2 Å². The quantitative estimate of drug-likeness (QED) is 0.123. The van der Waals surface area contributed by atoms with Gasteiger partial charge in [-0.1, -0.05) is 60.7 Å². The summed E-state index contributed by atoms with van der Waals surface area (Å²) in [5.41, 5.74) is 7.11. The SMILES string of the molecule is Fc1ccc(N2B(c3ccc(B4N(c5ccc(F)cc5)c5sc6ccccc6c5N4c4ccc(F)cc4)cc3)N(c3ccc(F)cc3)c3c2sc2ccccc32)cc1. The molecule has 7 aromatic carbocycles. The first-order valence-electron chi connectivity index (χ1n) is 18.7. The smallest absolute Gasteiger partial charge is 0.359 e. The highest BCUT2D eigenvalue weighted by Gasteiger charge is 2.48. The van der Waals surface area contributed by atoms with Crippen LogP contribution in [0.4, 0.5) is 61.7 Å². The van der Waals surface area contributed by atoms with Gasteiger partial charge in [-0.25, -0.2) is 17.6 Å². The molecule has 0 spiro atoms. The average Bonchev–Trinajstić information content (AvgIpc) is 3.99. The van der Waals surface area contributed by atoms with E-state index < -0.39 is 14.0 Å². The van der Waals surface area contributed by atoms with E-state index >= 15 is 0 Å². The Morgan fingerprint density at radius 3 is 0.948 bits per heavy atom. The van der Waals surface area contributed by atoms with Crippen LogP contribution in [0.1, 0.15) is 0 Å². The van der Waals surface area contributed by atoms with Crippen LogP contribution in [0.5, 0.6) is 0 Å². The van der Waals surface area contributed by atoms with Gasteiger partial charge in [0.2, 0.25) is 0 Å². The van der Waals surface area contributed by atoms with Crippen molar-refractivity contribution in [2.75, 3.05) is 19.2 Å². The molecule has 0 N–H and O–H groups in total. The highest BCUT2D eigenvalue weighted by Crippen LogP contribution is 2.56. The summed E-state index contributed by atoms with van der Waals surface area (Å²) in [4.78, 5) is 8.93. The molecule has 58 heavy (non-hydrogen) atoms. The minimum Gasteiger partial charge on any atom is -0.359 e. The van der Waals surface area contributed by atoms with Gasteiger partial charge in [-0.2, -0.15) is 0 Å². The van der Waals surface area contributed by atoms with E-state index in [2.05, 4.69) is 67.8 Å². The van der Waals surface area contributed by atoms with Crippen LogP contribution in [0.25, 0.3) is 20.2 Å². The van der Waals surface area contributed by atoms with Gasteiger partial charge in [-0.05, 0) is 120 Å². The van der Waals surface area contributed by atoms with Gasteiger partial charge >= 0.3 is 14.0 Å². The lowest BCUT2D eigenvalue weighted by Gasteiger charge is -2.32. The van der Waals surface area contributed by atoms with Gasteiger partial charge in [0.15, 0.2) is 0 Å². The summed E-state index contributed by atoms with van der Waals surface area (Å²) in [6.45, 7) is -0.849. The van der Waals surface area contributed by atoms with E-state index in [0.29, 0.717) is 0 Å². The molecule has 0 bridgehead atoms. The first kappa shape index (κ1) is 34.7. The third-order valence-electron chi connectivity index (χ3n) is 11.0. The molecular formula is C46H28B2F4N4S2. The van der Waals surface area contributed by atoms with Gasteiger partial charge in [-0.3, -0.25) is 0 Å². The molecule has 0 atom stereocenters. The van der Waals surface area contributed by atoms with Crippen LogP contribution >= 0.6 is 22.7 Å². The van der Waals surface area contributed by atoms with Crippen molar-refractivity contribution in [2.24, 2.45) is 0 Å². The number of hydrogen-bond donors (Lipinski definition) is 0. The van der Waals surface area contributed by atoms with Crippen molar-refractivity contribution >= 4 is 112 Å². The zero-order valence-corrected chi connectivity index (χ0v) is 32.1. The molecule has 0 radical (unpaired) electrons. The lowest BCUT2D eigenvalue weighted by Crippen LogP contribution is -2.55. The van der Waals surface area contributed by atoms with Gasteiger partial charge in [0.05, 0.1) is 11.4 Å². The third-order valence-corrected chi connectivity index (χ3v) is 13.3. The zero-order valence-electron chi connectivity index (χ0n) is 30.4. The van der Waals surface area contributed by atoms with Crippen molar-refractivity contribution < 1.29 is 17.6 Å². The van der Waals surface area contributed by atoms with Gasteiger partial charge in [-0.15, -0.1) is 22.7 Å². The van der Waals surface area contributed by atoms with Crippen molar-refractivity contribution in [3.05, 3.63) is 193 Å². The fourth-order valence-corrected chi connectivity index (χ4v) is 10.9. The number of fused-ring (bicyclic) bond motifs is 6. The average molecular weight is 799 g/mol. The lowest BCUT2D eigenvalue weighted by molar-refractivity contribution is 0.627. The zero-order chi connectivity index (χ0) is 39.1. The third kappa shape index (κ3) is 5.50. The Morgan fingerprint density at radius 1 is 0.328 bits per heavy atom. The molecule has 11 rings (SSSR count). The number of nitrogens with zero attached hydrogens (tertiary/aromatic N) is 4. The number of halogens is 4. The van der Waals surface area contributed by atoms with Crippen LogP contribution < -0.4 is 30.2 Å². The van der Waals surface area contributed by atoms with E-state index in [1.807, 2.05) is 24.3 Å². The summed E-state index contributed by atoms with van der Waals surface area (Å²) in [5, 5.41) is 4.10. The second kappa shape index (κ2) is 13.6. The van der Waals surface area contributed by atoms with E-state index in [4.69, 9.17) is 0 Å². The summed E-state index contributed by atoms with van der Waals surface area (Å²) < 4.78 is 60.0. The maximum atomic E-state index is 14.5. The molecular weight excluding hydrogens is 770 g/mol. The number of hydrogen-bond acceptors (Lipinski definition) is 6. The second-order valence-corrected chi connectivity index (χ2v) is 16.4. The second-order valence-electron chi connectivity index (χ2n) is 14.3. The van der Waals surface area contributed by atoms with Crippen molar-refractivity contribution in [1.82, 2.24) is 0 Å². The van der Waals surface area contributed by atoms with Crippen LogP contribution in [0, 0.1) is 23.3 Å². The molecule has 9 aromatic rings. The van der Waals surface area contributed by atoms with Gasteiger partial charge in [0.25, 0.3) is 0 Å². The Balaban J connectivity index is 1.10. The summed E-state index contributed by atoms with van der Waals surface area (Å²) >= 11 is 3.32. The van der Waals surface area contributed by atoms with Crippen molar-refractivity contribution in [1.29, 1.82) is 0 Å². The molecule has 2 aliphatic heterocycles. The molecule has 2 aromatic heterocycles. The molecule has 0 fully saturated rings. The molecule has 0 unspecified atom stereocenters. The molecule has 0 saturated carbocycles. The highest BCUT2D eigenvalue weighted by molar-refractivity contribution is 7.26. The van der Waals surface area contributed by atoms with E-state index in [1.165, 1.54) is 48.5 Å². The predicted molar refractivity (Wildman–Crippen MR) is 235 cm³/mol. The highest BCUT2D eigenvalue weighted by atomic mass is 32.1. The van der Waals surface area contributed by atoms with Crippen LogP contribution in [-0.4, -0.2) is 14.0 Å². The first-order chi connectivity index (χ1) is 28.4. The standard InChI is InChI=1S/C46H28B2F4N4S2/c49-31-13-21-35(22-14-31)53-43-39-5-1-3-7-41(39)57-45(43)55(37-25-17-33(51)18-26-37)47(53)29-9-11-30(12-10-29)48-54(36-23-15-32(50)16-24-36)44-40-6-2-4-8-42(40)58-46(44)56(48)38-27-19-34(52)20-28-38/h1-28H. The van der Waals surface area contributed by atoms with Crippen molar-refractivity contribution in [2.45, 2.75) is 0 Å². The summed E-state index contributed by atoms with van der Waals surface area (Å²) in [5.74, 6) is -1.32. The summed E-state index contributed by atoms with van der Waals surface area (Å²) in [7, 11) is 0. The van der Waals surface area contributed by atoms with Crippen LogP contribution in [0.2, 0.25) is 0 Å². The molecule has 0 aliphatic carbocycles. The van der Waals surface area contributed by atoms with E-state index in [-0.39, 0.29) is 23.3 Å². The number of anilines is 8. The molecule has 4 nitrogen and oxygen atoms in total. The number of rotatable bonds is 6. The topological polar surface area (TPSA) is 13.0 Å². The Labute approximate surface area is 340 Å². The molecule has 4 heterocycles. The maximum absolute atomic E-state index is 14.5. The number of thiophene rings is 2. The van der Waals surface area contributed by atoms with Crippen LogP contribution in [-0.2, 0) is 0 Å². The lowest BCUT2D eigenvalue weighted by atomic mass is 9.60. The number of benzene rings is 7. The fourth-order valence-electron chi connectivity index (χ4n) is 8.43. The molecule has 2 aliphatic rings. The minimum atomic E-state index is -0.425. The maximum Gasteiger partial charge on any atom is 0.421 e. The van der Waals surface area contributed by atoms with E-state index in [9.17, 15) is 17.6 Å².